The first-order valence-corrected chi connectivity index (χ1v) is 11.0. The van der Waals surface area contributed by atoms with Gasteiger partial charge in [0.2, 0.25) is 11.8 Å². The van der Waals surface area contributed by atoms with E-state index in [1.807, 2.05) is 4.90 Å². The average Bonchev–Trinajstić information content (AvgIpc) is 3.18. The van der Waals surface area contributed by atoms with Crippen molar-refractivity contribution in [1.82, 2.24) is 14.4 Å². The maximum Gasteiger partial charge on any atom is 0.255 e. The summed E-state index contributed by atoms with van der Waals surface area (Å²) in [6.45, 7) is 3.59. The fourth-order valence-corrected chi connectivity index (χ4v) is 4.51. The van der Waals surface area contributed by atoms with Crippen LogP contribution in [-0.2, 0) is 14.3 Å². The number of nitrogens with one attached hydrogen (secondary N) is 1. The third kappa shape index (κ3) is 5.47. The summed E-state index contributed by atoms with van der Waals surface area (Å²) in [6, 6.07) is 8.31. The number of amides is 2. The maximum absolute atomic E-state index is 14.7. The summed E-state index contributed by atoms with van der Waals surface area (Å²) in [4.78, 5) is 40.8. The number of anilines is 1. The molecule has 33 heavy (non-hydrogen) atoms. The number of halogens is 1. The van der Waals surface area contributed by atoms with E-state index in [9.17, 15) is 18.8 Å². The van der Waals surface area contributed by atoms with Crippen LogP contribution in [0.15, 0.2) is 47.4 Å². The number of carbonyl (C=O) groups excluding carboxylic acids is 2. The topological polar surface area (TPSA) is 110 Å². The Bertz CT molecular complexity index is 1070. The predicted octanol–water partition coefficient (Wildman–Crippen LogP) is 0.566. The fourth-order valence-electron chi connectivity index (χ4n) is 4.51. The highest BCUT2D eigenvalue weighted by molar-refractivity contribution is 5.93. The predicted molar refractivity (Wildman–Crippen MR) is 121 cm³/mol. The Labute approximate surface area is 190 Å². The highest BCUT2D eigenvalue weighted by Crippen LogP contribution is 2.25. The zero-order valence-corrected chi connectivity index (χ0v) is 18.3. The molecule has 2 aromatic rings. The summed E-state index contributed by atoms with van der Waals surface area (Å²) in [5.74, 6) is -1.55. The van der Waals surface area contributed by atoms with Gasteiger partial charge in [0.15, 0.2) is 0 Å². The fraction of sp³-hybridized carbons (Fsp3) is 0.435. The van der Waals surface area contributed by atoms with Gasteiger partial charge in [-0.05, 0) is 31.0 Å². The lowest BCUT2D eigenvalue weighted by molar-refractivity contribution is -0.124. The number of benzene rings is 1. The van der Waals surface area contributed by atoms with E-state index < -0.39 is 23.7 Å². The zero-order valence-electron chi connectivity index (χ0n) is 18.3. The van der Waals surface area contributed by atoms with Crippen molar-refractivity contribution in [2.75, 3.05) is 44.7 Å². The van der Waals surface area contributed by atoms with E-state index in [0.717, 1.165) is 26.1 Å². The molecule has 1 aromatic carbocycles. The molecule has 0 bridgehead atoms. The van der Waals surface area contributed by atoms with Crippen molar-refractivity contribution in [1.29, 1.82) is 0 Å². The van der Waals surface area contributed by atoms with E-state index in [-0.39, 0.29) is 23.8 Å². The van der Waals surface area contributed by atoms with Crippen LogP contribution in [0.1, 0.15) is 12.8 Å². The number of hydrogen-bond donors (Lipinski definition) is 2. The number of morpholine rings is 1. The molecule has 2 atom stereocenters. The van der Waals surface area contributed by atoms with Crippen LogP contribution in [0.3, 0.4) is 0 Å². The molecule has 3 heterocycles. The van der Waals surface area contributed by atoms with Crippen LogP contribution in [0.4, 0.5) is 10.1 Å². The van der Waals surface area contributed by atoms with Gasteiger partial charge in [0.05, 0.1) is 37.2 Å². The number of pyridine rings is 1. The quantitative estimate of drug-likeness (QED) is 0.629. The monoisotopic (exact) mass is 457 g/mol. The molecule has 2 amide bonds. The molecule has 0 saturated carbocycles. The molecule has 0 radical (unpaired) electrons. The SMILES string of the molecule is NC(=O)C1CC[C@@H](CN2CCOCC2)N1CC(=O)Nc1ccc(-n2ccccc2=O)cc1F. The molecule has 9 nitrogen and oxygen atoms in total. The molecule has 0 aliphatic carbocycles. The second-order valence-electron chi connectivity index (χ2n) is 8.36. The van der Waals surface area contributed by atoms with E-state index in [4.69, 9.17) is 10.5 Å². The molecule has 0 spiro atoms. The minimum absolute atomic E-state index is 0.00327. The molecule has 10 heteroatoms. The van der Waals surface area contributed by atoms with Gasteiger partial charge in [0, 0.05) is 44.0 Å². The molecule has 1 unspecified atom stereocenters. The summed E-state index contributed by atoms with van der Waals surface area (Å²) in [6.07, 6.45) is 2.89. The number of hydrogen-bond acceptors (Lipinski definition) is 6. The van der Waals surface area contributed by atoms with Gasteiger partial charge in [-0.15, -0.1) is 0 Å². The summed E-state index contributed by atoms with van der Waals surface area (Å²) in [5.41, 5.74) is 5.66. The number of nitrogens with two attached hydrogens (primary N) is 1. The number of likely N-dealkylation sites (tertiary alicyclic amines) is 1. The first-order chi connectivity index (χ1) is 15.9. The number of ether oxygens (including phenoxy) is 1. The molecule has 2 aliphatic rings. The Morgan fingerprint density at radius 1 is 1.15 bits per heavy atom. The number of carbonyl (C=O) groups is 2. The van der Waals surface area contributed by atoms with Gasteiger partial charge in [-0.3, -0.25) is 28.8 Å². The van der Waals surface area contributed by atoms with Crippen LogP contribution in [0.2, 0.25) is 0 Å². The summed E-state index contributed by atoms with van der Waals surface area (Å²) in [5, 5.41) is 2.59. The van der Waals surface area contributed by atoms with Crippen LogP contribution in [0.25, 0.3) is 5.69 Å². The molecule has 4 rings (SSSR count). The van der Waals surface area contributed by atoms with Crippen LogP contribution < -0.4 is 16.6 Å². The number of rotatable bonds is 7. The molecule has 176 valence electrons. The lowest BCUT2D eigenvalue weighted by atomic mass is 10.2. The van der Waals surface area contributed by atoms with Gasteiger partial charge in [-0.25, -0.2) is 4.39 Å². The van der Waals surface area contributed by atoms with E-state index in [1.54, 1.807) is 24.4 Å². The molecular formula is C23H28FN5O4. The van der Waals surface area contributed by atoms with E-state index in [1.165, 1.54) is 22.8 Å². The van der Waals surface area contributed by atoms with Crippen molar-refractivity contribution >= 4 is 17.5 Å². The Balaban J connectivity index is 1.44. The summed E-state index contributed by atoms with van der Waals surface area (Å²) in [7, 11) is 0. The first-order valence-electron chi connectivity index (χ1n) is 11.0. The van der Waals surface area contributed by atoms with Crippen molar-refractivity contribution in [3.05, 3.63) is 58.8 Å². The second-order valence-corrected chi connectivity index (χ2v) is 8.36. The standard InChI is InChI=1S/C23H28FN5O4/c24-18-13-16(28-8-2-1-3-22(28)31)4-6-19(18)26-21(30)15-29-17(5-7-20(29)23(25)32)14-27-9-11-33-12-10-27/h1-4,6,8,13,17,20H,5,7,9-12,14-15H2,(H2,25,32)(H,26,30)/t17-,20?/m0/s1. The van der Waals surface area contributed by atoms with Crippen molar-refractivity contribution in [3.63, 3.8) is 0 Å². The Morgan fingerprint density at radius 2 is 1.94 bits per heavy atom. The van der Waals surface area contributed by atoms with Crippen molar-refractivity contribution in [3.8, 4) is 5.69 Å². The lowest BCUT2D eigenvalue weighted by Gasteiger charge is -2.34. The van der Waals surface area contributed by atoms with Crippen LogP contribution in [0, 0.1) is 5.82 Å². The van der Waals surface area contributed by atoms with Crippen molar-refractivity contribution in [2.24, 2.45) is 5.73 Å². The average molecular weight is 458 g/mol. The molecule has 2 fully saturated rings. The van der Waals surface area contributed by atoms with E-state index in [2.05, 4.69) is 10.2 Å². The van der Waals surface area contributed by atoms with Crippen molar-refractivity contribution < 1.29 is 18.7 Å². The van der Waals surface area contributed by atoms with Gasteiger partial charge < -0.3 is 15.8 Å². The Morgan fingerprint density at radius 3 is 2.64 bits per heavy atom. The first kappa shape index (κ1) is 23.1. The normalized spacial score (nSPS) is 21.7. The van der Waals surface area contributed by atoms with Crippen LogP contribution in [-0.4, -0.2) is 77.7 Å². The molecule has 1 aromatic heterocycles. The summed E-state index contributed by atoms with van der Waals surface area (Å²) < 4.78 is 21.4. The minimum Gasteiger partial charge on any atom is -0.379 e. The zero-order chi connectivity index (χ0) is 23.4. The second kappa shape index (κ2) is 10.2. The highest BCUT2D eigenvalue weighted by atomic mass is 19.1. The van der Waals surface area contributed by atoms with Crippen molar-refractivity contribution in [2.45, 2.75) is 24.9 Å². The Kier molecular flexibility index (Phi) is 7.17. The number of primary amides is 1. The van der Waals surface area contributed by atoms with Gasteiger partial charge >= 0.3 is 0 Å². The third-order valence-corrected chi connectivity index (χ3v) is 6.20. The molecular weight excluding hydrogens is 429 g/mol. The van der Waals surface area contributed by atoms with Crippen LogP contribution in [0.5, 0.6) is 0 Å². The van der Waals surface area contributed by atoms with Gasteiger partial charge in [-0.2, -0.15) is 0 Å². The number of aromatic nitrogens is 1. The van der Waals surface area contributed by atoms with Gasteiger partial charge in [0.1, 0.15) is 5.82 Å². The van der Waals surface area contributed by atoms with Crippen LogP contribution >= 0.6 is 0 Å². The molecule has 2 aliphatic heterocycles. The molecule has 2 saturated heterocycles. The maximum atomic E-state index is 14.7. The molecule has 3 N–H and O–H groups in total. The van der Waals surface area contributed by atoms with E-state index in [0.29, 0.717) is 25.3 Å². The minimum atomic E-state index is -0.658. The summed E-state index contributed by atoms with van der Waals surface area (Å²) >= 11 is 0. The Hall–Kier alpha value is -3.08. The third-order valence-electron chi connectivity index (χ3n) is 6.20. The van der Waals surface area contributed by atoms with Gasteiger partial charge in [-0.1, -0.05) is 6.07 Å². The van der Waals surface area contributed by atoms with Gasteiger partial charge in [0.25, 0.3) is 5.56 Å². The lowest BCUT2D eigenvalue weighted by Crippen LogP contribution is -2.51. The van der Waals surface area contributed by atoms with E-state index >= 15 is 0 Å². The largest absolute Gasteiger partial charge is 0.379 e. The number of nitrogens with zero attached hydrogens (tertiary/aromatic N) is 3. The smallest absolute Gasteiger partial charge is 0.255 e. The highest BCUT2D eigenvalue weighted by Gasteiger charge is 2.38.